The minimum absolute atomic E-state index is 0.0120. The van der Waals surface area contributed by atoms with Crippen molar-refractivity contribution in [3.05, 3.63) is 22.5 Å². The van der Waals surface area contributed by atoms with Crippen LogP contribution < -0.4 is 0 Å². The van der Waals surface area contributed by atoms with Gasteiger partial charge < -0.3 is 19.4 Å². The van der Waals surface area contributed by atoms with Crippen LogP contribution in [0.4, 0.5) is 0 Å². The summed E-state index contributed by atoms with van der Waals surface area (Å²) in [6.07, 6.45) is 3.65. The predicted molar refractivity (Wildman–Crippen MR) is 98.8 cm³/mol. The maximum Gasteiger partial charge on any atom is 0.354 e. The van der Waals surface area contributed by atoms with Gasteiger partial charge in [-0.1, -0.05) is 0 Å². The summed E-state index contributed by atoms with van der Waals surface area (Å²) in [5.74, 6) is -0.609. The number of hydrogen-bond acceptors (Lipinski definition) is 5. The Hall–Kier alpha value is -2.15. The molecule has 1 aliphatic heterocycles. The van der Waals surface area contributed by atoms with Crippen molar-refractivity contribution in [2.75, 3.05) is 20.3 Å². The molecule has 2 aliphatic rings. The molecule has 7 heteroatoms. The van der Waals surface area contributed by atoms with E-state index in [1.165, 1.54) is 7.11 Å². The maximum atomic E-state index is 13.3. The number of ketones is 1. The minimum Gasteiger partial charge on any atom is -0.464 e. The van der Waals surface area contributed by atoms with Gasteiger partial charge in [-0.25, -0.2) is 4.79 Å². The standard InChI is InChI=1S/C20H28N2O5/c1-11-16(12(2)21-17(11)20(25)26-4)18(23)13(3)22(19(24)14-7-8-14)10-15-6-5-9-27-15/h13-15,21H,5-10H2,1-4H3. The summed E-state index contributed by atoms with van der Waals surface area (Å²) in [7, 11) is 1.31. The van der Waals surface area contributed by atoms with E-state index in [2.05, 4.69) is 4.98 Å². The normalized spacial score (nSPS) is 20.4. The zero-order valence-electron chi connectivity index (χ0n) is 16.5. The van der Waals surface area contributed by atoms with Crippen molar-refractivity contribution in [1.82, 2.24) is 9.88 Å². The van der Waals surface area contributed by atoms with Crippen molar-refractivity contribution in [3.8, 4) is 0 Å². The highest BCUT2D eigenvalue weighted by atomic mass is 16.5. The van der Waals surface area contributed by atoms with Gasteiger partial charge in [-0.15, -0.1) is 0 Å². The summed E-state index contributed by atoms with van der Waals surface area (Å²) in [5, 5.41) is 0. The van der Waals surface area contributed by atoms with Crippen LogP contribution in [0.2, 0.25) is 0 Å². The Morgan fingerprint density at radius 3 is 2.52 bits per heavy atom. The number of amides is 1. The van der Waals surface area contributed by atoms with Crippen LogP contribution in [0.15, 0.2) is 0 Å². The Labute approximate surface area is 159 Å². The van der Waals surface area contributed by atoms with Gasteiger partial charge in [-0.3, -0.25) is 9.59 Å². The highest BCUT2D eigenvalue weighted by Crippen LogP contribution is 2.33. The Bertz CT molecular complexity index is 744. The topological polar surface area (TPSA) is 88.7 Å². The van der Waals surface area contributed by atoms with Gasteiger partial charge in [0, 0.05) is 30.3 Å². The van der Waals surface area contributed by atoms with Crippen LogP contribution in [0, 0.1) is 19.8 Å². The number of methoxy groups -OCH3 is 1. The van der Waals surface area contributed by atoms with E-state index >= 15 is 0 Å². The van der Waals surface area contributed by atoms with E-state index in [1.807, 2.05) is 0 Å². The molecule has 1 saturated heterocycles. The SMILES string of the molecule is COC(=O)c1[nH]c(C)c(C(=O)C(C)N(CC2CCCO2)C(=O)C2CC2)c1C. The van der Waals surface area contributed by atoms with Crippen LogP contribution >= 0.6 is 0 Å². The minimum atomic E-state index is -0.610. The summed E-state index contributed by atoms with van der Waals surface area (Å²) >= 11 is 0. The number of nitrogens with one attached hydrogen (secondary N) is 1. The number of esters is 1. The molecule has 27 heavy (non-hydrogen) atoms. The molecule has 1 aromatic rings. The van der Waals surface area contributed by atoms with Gasteiger partial charge in [0.25, 0.3) is 0 Å². The molecule has 1 saturated carbocycles. The quantitative estimate of drug-likeness (QED) is 0.583. The smallest absolute Gasteiger partial charge is 0.354 e. The van der Waals surface area contributed by atoms with E-state index in [1.54, 1.807) is 25.7 Å². The molecular formula is C20H28N2O5. The fraction of sp³-hybridized carbons (Fsp3) is 0.650. The van der Waals surface area contributed by atoms with E-state index in [-0.39, 0.29) is 29.4 Å². The van der Waals surface area contributed by atoms with Crippen molar-refractivity contribution in [1.29, 1.82) is 0 Å². The summed E-state index contributed by atoms with van der Waals surface area (Å²) < 4.78 is 10.5. The van der Waals surface area contributed by atoms with E-state index in [0.717, 1.165) is 25.7 Å². The van der Waals surface area contributed by atoms with Gasteiger partial charge in [0.1, 0.15) is 5.69 Å². The number of carbonyl (C=O) groups is 3. The number of hydrogen-bond donors (Lipinski definition) is 1. The summed E-state index contributed by atoms with van der Waals surface area (Å²) in [5.41, 5.74) is 1.92. The molecule has 0 bridgehead atoms. The molecule has 148 valence electrons. The summed E-state index contributed by atoms with van der Waals surface area (Å²) in [4.78, 5) is 42.7. The number of carbonyl (C=O) groups excluding carboxylic acids is 3. The third-order valence-electron chi connectivity index (χ3n) is 5.55. The number of aromatic amines is 1. The molecule has 7 nitrogen and oxygen atoms in total. The van der Waals surface area contributed by atoms with Crippen LogP contribution in [0.5, 0.6) is 0 Å². The van der Waals surface area contributed by atoms with Crippen molar-refractivity contribution in [2.45, 2.75) is 58.6 Å². The average Bonchev–Trinajstić information content (AvgIpc) is 3.30. The molecule has 2 unspecified atom stereocenters. The second kappa shape index (κ2) is 7.84. The first kappa shape index (κ1) is 19.6. The van der Waals surface area contributed by atoms with E-state index in [9.17, 15) is 14.4 Å². The van der Waals surface area contributed by atoms with Gasteiger partial charge >= 0.3 is 5.97 Å². The molecule has 1 N–H and O–H groups in total. The molecule has 0 spiro atoms. The lowest BCUT2D eigenvalue weighted by Crippen LogP contribution is -2.47. The van der Waals surface area contributed by atoms with Gasteiger partial charge in [-0.2, -0.15) is 0 Å². The van der Waals surface area contributed by atoms with Gasteiger partial charge in [0.05, 0.1) is 19.3 Å². The fourth-order valence-corrected chi connectivity index (χ4v) is 3.79. The Kier molecular flexibility index (Phi) is 5.69. The largest absolute Gasteiger partial charge is 0.464 e. The lowest BCUT2D eigenvalue weighted by molar-refractivity contribution is -0.135. The summed E-state index contributed by atoms with van der Waals surface area (Å²) in [6, 6.07) is -0.610. The van der Waals surface area contributed by atoms with E-state index in [4.69, 9.17) is 9.47 Å². The van der Waals surface area contributed by atoms with Crippen molar-refractivity contribution < 1.29 is 23.9 Å². The second-order valence-corrected chi connectivity index (χ2v) is 7.56. The molecule has 1 amide bonds. The van der Waals surface area contributed by atoms with Gasteiger partial charge in [0.2, 0.25) is 5.91 Å². The molecule has 3 rings (SSSR count). The molecule has 2 fully saturated rings. The second-order valence-electron chi connectivity index (χ2n) is 7.56. The first-order valence-electron chi connectivity index (χ1n) is 9.58. The molecule has 2 heterocycles. The molecular weight excluding hydrogens is 348 g/mol. The zero-order valence-corrected chi connectivity index (χ0v) is 16.5. The molecule has 0 radical (unpaired) electrons. The van der Waals surface area contributed by atoms with Crippen molar-refractivity contribution in [3.63, 3.8) is 0 Å². The number of H-pyrrole nitrogens is 1. The Morgan fingerprint density at radius 2 is 1.96 bits per heavy atom. The zero-order chi connectivity index (χ0) is 19.7. The number of nitrogens with zero attached hydrogens (tertiary/aromatic N) is 1. The van der Waals surface area contributed by atoms with Crippen LogP contribution in [-0.2, 0) is 14.3 Å². The Morgan fingerprint density at radius 1 is 1.26 bits per heavy atom. The molecule has 1 aliphatic carbocycles. The summed E-state index contributed by atoms with van der Waals surface area (Å²) in [6.45, 7) is 6.39. The van der Waals surface area contributed by atoms with Crippen molar-refractivity contribution in [2.24, 2.45) is 5.92 Å². The lowest BCUT2D eigenvalue weighted by atomic mass is 9.99. The number of ether oxygens (including phenoxy) is 2. The molecule has 2 atom stereocenters. The van der Waals surface area contributed by atoms with Crippen molar-refractivity contribution >= 4 is 17.7 Å². The number of aryl methyl sites for hydroxylation is 1. The Balaban J connectivity index is 1.85. The average molecular weight is 376 g/mol. The van der Waals surface area contributed by atoms with Crippen LogP contribution in [0.1, 0.15) is 64.7 Å². The number of rotatable bonds is 7. The van der Waals surface area contributed by atoms with Crippen LogP contribution in [0.25, 0.3) is 0 Å². The lowest BCUT2D eigenvalue weighted by Gasteiger charge is -2.31. The first-order chi connectivity index (χ1) is 12.8. The fourth-order valence-electron chi connectivity index (χ4n) is 3.79. The van der Waals surface area contributed by atoms with Gasteiger partial charge in [-0.05, 0) is 52.0 Å². The van der Waals surface area contributed by atoms with Crippen LogP contribution in [0.3, 0.4) is 0 Å². The highest BCUT2D eigenvalue weighted by Gasteiger charge is 2.39. The third kappa shape index (κ3) is 3.93. The van der Waals surface area contributed by atoms with E-state index in [0.29, 0.717) is 30.0 Å². The predicted octanol–water partition coefficient (Wildman–Crippen LogP) is 2.41. The van der Waals surface area contributed by atoms with Crippen LogP contribution in [-0.4, -0.2) is 60.0 Å². The molecule has 0 aromatic carbocycles. The number of aromatic nitrogens is 1. The first-order valence-corrected chi connectivity index (χ1v) is 9.58. The van der Waals surface area contributed by atoms with Gasteiger partial charge in [0.15, 0.2) is 5.78 Å². The number of Topliss-reactive ketones (excluding diaryl/α,β-unsaturated/α-hetero) is 1. The monoisotopic (exact) mass is 376 g/mol. The maximum absolute atomic E-state index is 13.3. The van der Waals surface area contributed by atoms with E-state index < -0.39 is 12.0 Å². The third-order valence-corrected chi connectivity index (χ3v) is 5.55. The highest BCUT2D eigenvalue weighted by molar-refractivity contribution is 6.06. The molecule has 1 aromatic heterocycles.